The summed E-state index contributed by atoms with van der Waals surface area (Å²) in [6.45, 7) is 8.02. The molecule has 1 fully saturated rings. The lowest BCUT2D eigenvalue weighted by molar-refractivity contribution is 0.0503. The number of aromatic nitrogens is 3. The zero-order valence-electron chi connectivity index (χ0n) is 20.4. The van der Waals surface area contributed by atoms with Crippen molar-refractivity contribution in [2.75, 3.05) is 65.7 Å². The van der Waals surface area contributed by atoms with Crippen LogP contribution in [0.4, 0.5) is 5.69 Å². The lowest BCUT2D eigenvalue weighted by atomic mass is 10.1. The van der Waals surface area contributed by atoms with Crippen molar-refractivity contribution < 1.29 is 9.47 Å². The first-order valence-electron chi connectivity index (χ1n) is 10.7. The molecule has 1 aliphatic heterocycles. The number of fused-ring (bicyclic) bond motifs is 1. The summed E-state index contributed by atoms with van der Waals surface area (Å²) in [5, 5.41) is 0. The van der Waals surface area contributed by atoms with Crippen LogP contribution < -0.4 is 9.64 Å². The average molecular weight is 460 g/mol. The monoisotopic (exact) mass is 459 g/mol. The van der Waals surface area contributed by atoms with Gasteiger partial charge in [0.25, 0.3) is 0 Å². The van der Waals surface area contributed by atoms with Crippen molar-refractivity contribution in [2.24, 2.45) is 0 Å². The Morgan fingerprint density at radius 1 is 1.00 bits per heavy atom. The van der Waals surface area contributed by atoms with Gasteiger partial charge in [-0.1, -0.05) is 26.0 Å². The number of ether oxygens (including phenoxy) is 2. The maximum absolute atomic E-state index is 5.33. The fourth-order valence-corrected chi connectivity index (χ4v) is 2.82. The molecule has 0 unspecified atom stereocenters. The molecule has 0 aliphatic carbocycles. The van der Waals surface area contributed by atoms with Crippen LogP contribution in [0.5, 0.6) is 5.88 Å². The van der Waals surface area contributed by atoms with Gasteiger partial charge in [0.2, 0.25) is 5.88 Å². The van der Waals surface area contributed by atoms with Crippen LogP contribution in [-0.2, 0) is 4.74 Å². The second-order valence-electron chi connectivity index (χ2n) is 6.80. The smallest absolute Gasteiger partial charge is 0.242 e. The Balaban J connectivity index is 0.000000390. The standard InChI is InChI=1S/C16H16N4O.C5H11NO.C2H6.CH4S/c1-20(2)12-6-4-11(5-7-12)13-10-14-15(16(19-13)21-3)18-9-8-17-14;1-6-2-4-7-5-3-6;2*1-2/h4-10H,1-3H3;2-5H2,1H3;1-2H3;2H,1H3. The first-order valence-corrected chi connectivity index (χ1v) is 11.6. The van der Waals surface area contributed by atoms with E-state index in [9.17, 15) is 0 Å². The van der Waals surface area contributed by atoms with Crippen LogP contribution in [0.3, 0.4) is 0 Å². The summed E-state index contributed by atoms with van der Waals surface area (Å²) in [6.07, 6.45) is 5.00. The molecule has 1 aromatic carbocycles. The molecule has 3 heterocycles. The molecule has 7 nitrogen and oxygen atoms in total. The summed E-state index contributed by atoms with van der Waals surface area (Å²) < 4.78 is 10.4. The van der Waals surface area contributed by atoms with Crippen molar-refractivity contribution >= 4 is 29.3 Å². The van der Waals surface area contributed by atoms with Gasteiger partial charge in [0.1, 0.15) is 0 Å². The van der Waals surface area contributed by atoms with Gasteiger partial charge >= 0.3 is 0 Å². The van der Waals surface area contributed by atoms with E-state index < -0.39 is 0 Å². The zero-order chi connectivity index (χ0) is 23.9. The van der Waals surface area contributed by atoms with E-state index in [1.807, 2.05) is 46.1 Å². The Labute approximate surface area is 198 Å². The Morgan fingerprint density at radius 2 is 1.59 bits per heavy atom. The number of rotatable bonds is 3. The summed E-state index contributed by atoms with van der Waals surface area (Å²) in [5.74, 6) is 0.493. The number of likely N-dealkylation sites (N-methyl/N-ethyl adjacent to an activating group) is 1. The van der Waals surface area contributed by atoms with E-state index in [4.69, 9.17) is 9.47 Å². The molecule has 0 amide bonds. The highest BCUT2D eigenvalue weighted by Gasteiger charge is 2.10. The van der Waals surface area contributed by atoms with E-state index in [1.165, 1.54) is 0 Å². The van der Waals surface area contributed by atoms with Crippen LogP contribution in [0.25, 0.3) is 22.3 Å². The molecule has 0 spiro atoms. The first-order chi connectivity index (χ1) is 15.6. The van der Waals surface area contributed by atoms with Crippen molar-refractivity contribution in [1.82, 2.24) is 19.9 Å². The Hall–Kier alpha value is -2.42. The minimum atomic E-state index is 0.493. The molecular formula is C24H37N5O2S. The SMILES string of the molecule is CC.CN1CCOCC1.COc1nc(-c2ccc(N(C)C)cc2)cc2nccnc12.CS. The highest BCUT2D eigenvalue weighted by Crippen LogP contribution is 2.27. The second-order valence-corrected chi connectivity index (χ2v) is 6.80. The molecule has 2 aromatic heterocycles. The summed E-state index contributed by atoms with van der Waals surface area (Å²) in [4.78, 5) is 17.5. The van der Waals surface area contributed by atoms with Gasteiger partial charge in [-0.2, -0.15) is 12.6 Å². The molecule has 0 bridgehead atoms. The third-order valence-corrected chi connectivity index (χ3v) is 4.53. The van der Waals surface area contributed by atoms with E-state index in [-0.39, 0.29) is 0 Å². The lowest BCUT2D eigenvalue weighted by Gasteiger charge is -2.21. The quantitative estimate of drug-likeness (QED) is 0.586. The maximum atomic E-state index is 5.33. The van der Waals surface area contributed by atoms with Crippen molar-refractivity contribution in [1.29, 1.82) is 0 Å². The fraction of sp³-hybridized carbons (Fsp3) is 0.458. The number of methoxy groups -OCH3 is 1. The predicted octanol–water partition coefficient (Wildman–Crippen LogP) is 4.29. The van der Waals surface area contributed by atoms with Gasteiger partial charge in [0.15, 0.2) is 5.52 Å². The number of anilines is 1. The number of morpholine rings is 1. The summed E-state index contributed by atoms with van der Waals surface area (Å²) in [5.41, 5.74) is 4.44. The number of pyridine rings is 1. The first kappa shape index (κ1) is 27.6. The predicted molar refractivity (Wildman–Crippen MR) is 138 cm³/mol. The summed E-state index contributed by atoms with van der Waals surface area (Å²) >= 11 is 3.53. The van der Waals surface area contributed by atoms with Gasteiger partial charge < -0.3 is 19.3 Å². The molecule has 0 N–H and O–H groups in total. The van der Waals surface area contributed by atoms with E-state index in [2.05, 4.69) is 56.6 Å². The summed E-state index contributed by atoms with van der Waals surface area (Å²) in [7, 11) is 7.74. The normalized spacial score (nSPS) is 12.9. The van der Waals surface area contributed by atoms with Crippen molar-refractivity contribution in [3.63, 3.8) is 0 Å². The van der Waals surface area contributed by atoms with Gasteiger partial charge in [-0.15, -0.1) is 0 Å². The second kappa shape index (κ2) is 15.4. The maximum Gasteiger partial charge on any atom is 0.242 e. The number of benzene rings is 1. The van der Waals surface area contributed by atoms with E-state index in [0.717, 1.165) is 48.8 Å². The van der Waals surface area contributed by atoms with Gasteiger partial charge in [-0.25, -0.2) is 9.97 Å². The molecular weight excluding hydrogens is 422 g/mol. The molecule has 0 atom stereocenters. The molecule has 32 heavy (non-hydrogen) atoms. The highest BCUT2D eigenvalue weighted by molar-refractivity contribution is 7.79. The minimum Gasteiger partial charge on any atom is -0.479 e. The molecule has 1 saturated heterocycles. The van der Waals surface area contributed by atoms with Gasteiger partial charge in [0.05, 0.1) is 31.5 Å². The third kappa shape index (κ3) is 8.26. The van der Waals surface area contributed by atoms with E-state index in [0.29, 0.717) is 11.4 Å². The largest absolute Gasteiger partial charge is 0.479 e. The van der Waals surface area contributed by atoms with E-state index >= 15 is 0 Å². The fourth-order valence-electron chi connectivity index (χ4n) is 2.82. The van der Waals surface area contributed by atoms with Crippen LogP contribution in [0.1, 0.15) is 13.8 Å². The molecule has 8 heteroatoms. The topological polar surface area (TPSA) is 63.6 Å². The molecule has 176 valence electrons. The average Bonchev–Trinajstić information content (AvgIpc) is 2.86. The van der Waals surface area contributed by atoms with Crippen LogP contribution in [0.15, 0.2) is 42.7 Å². The van der Waals surface area contributed by atoms with Gasteiger partial charge in [-0.3, -0.25) is 4.98 Å². The van der Waals surface area contributed by atoms with Crippen LogP contribution in [-0.4, -0.2) is 80.7 Å². The molecule has 0 saturated carbocycles. The van der Waals surface area contributed by atoms with Crippen molar-refractivity contribution in [3.8, 4) is 17.1 Å². The molecule has 1 aliphatic rings. The lowest BCUT2D eigenvalue weighted by Crippen LogP contribution is -2.32. The Morgan fingerprint density at radius 3 is 2.09 bits per heavy atom. The molecule has 3 aromatic rings. The van der Waals surface area contributed by atoms with Gasteiger partial charge in [0, 0.05) is 50.8 Å². The summed E-state index contributed by atoms with van der Waals surface area (Å²) in [6, 6.07) is 10.1. The van der Waals surface area contributed by atoms with Crippen LogP contribution >= 0.6 is 12.6 Å². The number of hydrogen-bond acceptors (Lipinski definition) is 8. The third-order valence-electron chi connectivity index (χ3n) is 4.53. The van der Waals surface area contributed by atoms with Crippen LogP contribution in [0.2, 0.25) is 0 Å². The Kier molecular flexibility index (Phi) is 13.3. The van der Waals surface area contributed by atoms with Gasteiger partial charge in [-0.05, 0) is 31.5 Å². The molecule has 4 rings (SSSR count). The Bertz CT molecular complexity index is 901. The van der Waals surface area contributed by atoms with Crippen molar-refractivity contribution in [3.05, 3.63) is 42.7 Å². The van der Waals surface area contributed by atoms with Crippen LogP contribution in [0, 0.1) is 0 Å². The number of thiol groups is 1. The van der Waals surface area contributed by atoms with Crippen molar-refractivity contribution in [2.45, 2.75) is 13.8 Å². The minimum absolute atomic E-state index is 0.493. The number of hydrogen-bond donors (Lipinski definition) is 1. The highest BCUT2D eigenvalue weighted by atomic mass is 32.1. The molecule has 0 radical (unpaired) electrons. The zero-order valence-corrected chi connectivity index (χ0v) is 21.3. The number of nitrogens with zero attached hydrogens (tertiary/aromatic N) is 5. The van der Waals surface area contributed by atoms with E-state index in [1.54, 1.807) is 25.8 Å².